The standard InChI is InChI=1S/C13H19N3O3/c1-8-9(5-6-19-8)7-15-12-10(14)3-4-11(16-12)13(17)18-2/h3-4,8-9H,5-7,14H2,1-2H3,(H,15,16). The molecule has 1 aromatic rings. The van der Waals surface area contributed by atoms with Gasteiger partial charge in [0.25, 0.3) is 0 Å². The van der Waals surface area contributed by atoms with E-state index < -0.39 is 5.97 Å². The highest BCUT2D eigenvalue weighted by Crippen LogP contribution is 2.22. The Morgan fingerprint density at radius 2 is 2.42 bits per heavy atom. The second-order valence-electron chi connectivity index (χ2n) is 4.63. The molecule has 104 valence electrons. The Bertz CT molecular complexity index is 464. The average molecular weight is 265 g/mol. The van der Waals surface area contributed by atoms with Gasteiger partial charge < -0.3 is 20.5 Å². The summed E-state index contributed by atoms with van der Waals surface area (Å²) in [5.74, 6) is 0.477. The molecule has 1 saturated heterocycles. The van der Waals surface area contributed by atoms with Gasteiger partial charge in [-0.2, -0.15) is 0 Å². The van der Waals surface area contributed by atoms with Gasteiger partial charge in [0.15, 0.2) is 5.69 Å². The molecule has 1 aromatic heterocycles. The van der Waals surface area contributed by atoms with Gasteiger partial charge in [0.05, 0.1) is 18.9 Å². The monoisotopic (exact) mass is 265 g/mol. The molecule has 2 heterocycles. The molecule has 2 unspecified atom stereocenters. The topological polar surface area (TPSA) is 86.5 Å². The zero-order valence-electron chi connectivity index (χ0n) is 11.2. The first-order valence-corrected chi connectivity index (χ1v) is 6.32. The van der Waals surface area contributed by atoms with Crippen LogP contribution in [0.5, 0.6) is 0 Å². The predicted octanol–water partition coefficient (Wildman–Crippen LogP) is 1.29. The van der Waals surface area contributed by atoms with Gasteiger partial charge in [0.1, 0.15) is 5.82 Å². The van der Waals surface area contributed by atoms with E-state index in [1.807, 2.05) is 0 Å². The van der Waals surface area contributed by atoms with Crippen LogP contribution in [-0.2, 0) is 9.47 Å². The molecular weight excluding hydrogens is 246 g/mol. The number of nitrogen functional groups attached to an aromatic ring is 1. The fourth-order valence-electron chi connectivity index (χ4n) is 2.10. The number of nitrogens with two attached hydrogens (primary N) is 1. The van der Waals surface area contributed by atoms with Gasteiger partial charge in [-0.15, -0.1) is 0 Å². The smallest absolute Gasteiger partial charge is 0.356 e. The maximum absolute atomic E-state index is 11.4. The van der Waals surface area contributed by atoms with Gasteiger partial charge in [-0.3, -0.25) is 0 Å². The van der Waals surface area contributed by atoms with Crippen molar-refractivity contribution in [3.63, 3.8) is 0 Å². The fraction of sp³-hybridized carbons (Fsp3) is 0.538. The molecule has 0 aliphatic carbocycles. The number of nitrogens with zero attached hydrogens (tertiary/aromatic N) is 1. The summed E-state index contributed by atoms with van der Waals surface area (Å²) < 4.78 is 10.1. The van der Waals surface area contributed by atoms with Gasteiger partial charge in [0, 0.05) is 19.1 Å². The summed E-state index contributed by atoms with van der Waals surface area (Å²) in [5, 5.41) is 3.18. The van der Waals surface area contributed by atoms with E-state index in [-0.39, 0.29) is 11.8 Å². The quantitative estimate of drug-likeness (QED) is 0.798. The normalized spacial score (nSPS) is 22.2. The van der Waals surface area contributed by atoms with E-state index in [0.29, 0.717) is 17.4 Å². The molecule has 0 saturated carbocycles. The molecule has 6 heteroatoms. The summed E-state index contributed by atoms with van der Waals surface area (Å²) in [7, 11) is 1.32. The van der Waals surface area contributed by atoms with Crippen molar-refractivity contribution in [1.29, 1.82) is 0 Å². The zero-order chi connectivity index (χ0) is 13.8. The van der Waals surface area contributed by atoms with Crippen molar-refractivity contribution >= 4 is 17.5 Å². The van der Waals surface area contributed by atoms with Gasteiger partial charge >= 0.3 is 5.97 Å². The minimum absolute atomic E-state index is 0.234. The van der Waals surface area contributed by atoms with E-state index in [2.05, 4.69) is 22.0 Å². The van der Waals surface area contributed by atoms with Gasteiger partial charge in [-0.25, -0.2) is 9.78 Å². The van der Waals surface area contributed by atoms with Crippen LogP contribution >= 0.6 is 0 Å². The number of ether oxygens (including phenoxy) is 2. The molecule has 0 radical (unpaired) electrons. The van der Waals surface area contributed by atoms with Crippen molar-refractivity contribution in [1.82, 2.24) is 4.98 Å². The molecule has 1 aliphatic rings. The maximum atomic E-state index is 11.4. The lowest BCUT2D eigenvalue weighted by Crippen LogP contribution is -2.22. The first kappa shape index (κ1) is 13.6. The molecular formula is C13H19N3O3. The number of nitrogens with one attached hydrogen (secondary N) is 1. The van der Waals surface area contributed by atoms with Crippen molar-refractivity contribution in [2.24, 2.45) is 5.92 Å². The lowest BCUT2D eigenvalue weighted by atomic mass is 10.0. The minimum Gasteiger partial charge on any atom is -0.464 e. The second-order valence-corrected chi connectivity index (χ2v) is 4.63. The zero-order valence-corrected chi connectivity index (χ0v) is 11.2. The van der Waals surface area contributed by atoms with E-state index >= 15 is 0 Å². The Kier molecular flexibility index (Phi) is 4.21. The summed E-state index contributed by atoms with van der Waals surface area (Å²) in [6.07, 6.45) is 1.25. The van der Waals surface area contributed by atoms with Crippen LogP contribution < -0.4 is 11.1 Å². The number of aromatic nitrogens is 1. The van der Waals surface area contributed by atoms with Crippen LogP contribution in [-0.4, -0.2) is 37.3 Å². The van der Waals surface area contributed by atoms with Gasteiger partial charge in [-0.05, 0) is 25.5 Å². The Hall–Kier alpha value is -1.82. The van der Waals surface area contributed by atoms with Crippen LogP contribution in [0.15, 0.2) is 12.1 Å². The molecule has 19 heavy (non-hydrogen) atoms. The minimum atomic E-state index is -0.472. The molecule has 1 fully saturated rings. The van der Waals surface area contributed by atoms with Crippen molar-refractivity contribution in [2.45, 2.75) is 19.4 Å². The second kappa shape index (κ2) is 5.88. The molecule has 0 aromatic carbocycles. The first-order chi connectivity index (χ1) is 9.11. The van der Waals surface area contributed by atoms with E-state index in [0.717, 1.165) is 19.6 Å². The van der Waals surface area contributed by atoms with E-state index in [1.54, 1.807) is 12.1 Å². The number of hydrogen-bond donors (Lipinski definition) is 2. The first-order valence-electron chi connectivity index (χ1n) is 6.32. The highest BCUT2D eigenvalue weighted by atomic mass is 16.5. The number of hydrogen-bond acceptors (Lipinski definition) is 6. The predicted molar refractivity (Wildman–Crippen MR) is 72.0 cm³/mol. The fourth-order valence-corrected chi connectivity index (χ4v) is 2.10. The summed E-state index contributed by atoms with van der Waals surface area (Å²) in [6, 6.07) is 3.20. The lowest BCUT2D eigenvalue weighted by Gasteiger charge is -2.16. The van der Waals surface area contributed by atoms with Crippen LogP contribution in [0, 0.1) is 5.92 Å². The number of carbonyl (C=O) groups is 1. The Balaban J connectivity index is 2.04. The molecule has 6 nitrogen and oxygen atoms in total. The summed E-state index contributed by atoms with van der Waals surface area (Å²) in [6.45, 7) is 3.57. The third-order valence-electron chi connectivity index (χ3n) is 3.39. The highest BCUT2D eigenvalue weighted by Gasteiger charge is 2.24. The summed E-state index contributed by atoms with van der Waals surface area (Å²) >= 11 is 0. The molecule has 1 aliphatic heterocycles. The van der Waals surface area contributed by atoms with Crippen molar-refractivity contribution in [3.8, 4) is 0 Å². The van der Waals surface area contributed by atoms with Crippen molar-refractivity contribution in [3.05, 3.63) is 17.8 Å². The lowest BCUT2D eigenvalue weighted by molar-refractivity contribution is 0.0594. The maximum Gasteiger partial charge on any atom is 0.356 e. The summed E-state index contributed by atoms with van der Waals surface area (Å²) in [4.78, 5) is 15.6. The van der Waals surface area contributed by atoms with E-state index in [1.165, 1.54) is 7.11 Å². The van der Waals surface area contributed by atoms with Crippen LogP contribution in [0.1, 0.15) is 23.8 Å². The molecule has 3 N–H and O–H groups in total. The largest absolute Gasteiger partial charge is 0.464 e. The van der Waals surface area contributed by atoms with Crippen LogP contribution in [0.3, 0.4) is 0 Å². The van der Waals surface area contributed by atoms with Crippen LogP contribution in [0.25, 0.3) is 0 Å². The molecule has 0 spiro atoms. The van der Waals surface area contributed by atoms with Crippen LogP contribution in [0.2, 0.25) is 0 Å². The van der Waals surface area contributed by atoms with Crippen molar-refractivity contribution in [2.75, 3.05) is 31.3 Å². The molecule has 0 bridgehead atoms. The number of carbonyl (C=O) groups excluding carboxylic acids is 1. The van der Waals surface area contributed by atoms with Crippen LogP contribution in [0.4, 0.5) is 11.5 Å². The number of pyridine rings is 1. The van der Waals surface area contributed by atoms with E-state index in [4.69, 9.17) is 10.5 Å². The highest BCUT2D eigenvalue weighted by molar-refractivity contribution is 5.88. The van der Waals surface area contributed by atoms with E-state index in [9.17, 15) is 4.79 Å². The number of esters is 1. The Morgan fingerprint density at radius 1 is 1.63 bits per heavy atom. The third-order valence-corrected chi connectivity index (χ3v) is 3.39. The summed E-state index contributed by atoms with van der Waals surface area (Å²) in [5.41, 5.74) is 6.60. The van der Waals surface area contributed by atoms with Gasteiger partial charge in [0.2, 0.25) is 0 Å². The number of rotatable bonds is 4. The third kappa shape index (κ3) is 3.14. The van der Waals surface area contributed by atoms with Crippen molar-refractivity contribution < 1.29 is 14.3 Å². The Morgan fingerprint density at radius 3 is 3.05 bits per heavy atom. The molecule has 0 amide bonds. The SMILES string of the molecule is COC(=O)c1ccc(N)c(NCC2CCOC2C)n1. The number of methoxy groups -OCH3 is 1. The molecule has 2 atom stereocenters. The Labute approximate surface area is 112 Å². The molecule has 2 rings (SSSR count). The average Bonchev–Trinajstić information content (AvgIpc) is 2.82. The van der Waals surface area contributed by atoms with Gasteiger partial charge in [-0.1, -0.05) is 0 Å². The number of anilines is 2.